The van der Waals surface area contributed by atoms with E-state index in [2.05, 4.69) is 5.32 Å². The van der Waals surface area contributed by atoms with Gasteiger partial charge >= 0.3 is 5.97 Å². The van der Waals surface area contributed by atoms with Gasteiger partial charge in [-0.2, -0.15) is 0 Å². The van der Waals surface area contributed by atoms with E-state index < -0.39 is 42.3 Å². The second-order valence-electron chi connectivity index (χ2n) is 8.78. The first-order chi connectivity index (χ1) is 15.3. The van der Waals surface area contributed by atoms with Crippen LogP contribution < -0.4 is 5.32 Å². The maximum atomic E-state index is 13.7. The molecule has 0 fully saturated rings. The Bertz CT molecular complexity index is 882. The topological polar surface area (TPSA) is 115 Å². The Kier molecular flexibility index (Phi) is 7.82. The highest BCUT2D eigenvalue weighted by Crippen LogP contribution is 2.42. The first-order valence-electron chi connectivity index (χ1n) is 11.2. The van der Waals surface area contributed by atoms with Crippen LogP contribution >= 0.6 is 0 Å². The van der Waals surface area contributed by atoms with Crippen LogP contribution in [0.4, 0.5) is 4.39 Å². The lowest BCUT2D eigenvalue weighted by Gasteiger charge is -2.34. The zero-order chi connectivity index (χ0) is 23.4. The number of aliphatic carboxylic acids is 1. The fourth-order valence-corrected chi connectivity index (χ4v) is 4.86. The number of hydrogen-bond acceptors (Lipinski definition) is 5. The minimum atomic E-state index is -1.03. The number of carbonyl (C=O) groups excluding carboxylic acids is 3. The molecular weight excluding hydrogens is 419 g/mol. The number of Topliss-reactive ketones (excluding diaryl/α,β-unsaturated/α-hetero) is 2. The summed E-state index contributed by atoms with van der Waals surface area (Å²) in [5.41, 5.74) is 1.71. The second-order valence-corrected chi connectivity index (χ2v) is 8.78. The number of carbonyl (C=O) groups is 4. The van der Waals surface area contributed by atoms with Crippen LogP contribution in [0.1, 0.15) is 50.3 Å². The highest BCUT2D eigenvalue weighted by molar-refractivity contribution is 5.98. The number of aryl methyl sites for hydroxylation is 1. The molecule has 2 aliphatic rings. The van der Waals surface area contributed by atoms with Gasteiger partial charge in [-0.1, -0.05) is 20.3 Å². The number of carboxylic acids is 1. The van der Waals surface area contributed by atoms with Crippen molar-refractivity contribution < 1.29 is 33.4 Å². The molecule has 1 aromatic heterocycles. The third-order valence-corrected chi connectivity index (χ3v) is 6.73. The van der Waals surface area contributed by atoms with E-state index in [4.69, 9.17) is 4.74 Å². The van der Waals surface area contributed by atoms with Gasteiger partial charge in [0.2, 0.25) is 5.91 Å². The van der Waals surface area contributed by atoms with Crippen molar-refractivity contribution in [2.45, 2.75) is 58.0 Å². The van der Waals surface area contributed by atoms with E-state index in [0.29, 0.717) is 19.3 Å². The molecule has 176 valence electrons. The van der Waals surface area contributed by atoms with Gasteiger partial charge < -0.3 is 19.7 Å². The monoisotopic (exact) mass is 450 g/mol. The van der Waals surface area contributed by atoms with E-state index in [9.17, 15) is 28.7 Å². The van der Waals surface area contributed by atoms with Crippen LogP contribution in [0.3, 0.4) is 0 Å². The van der Waals surface area contributed by atoms with Crippen molar-refractivity contribution in [1.82, 2.24) is 9.88 Å². The molecule has 32 heavy (non-hydrogen) atoms. The van der Waals surface area contributed by atoms with Crippen LogP contribution in [0.25, 0.3) is 0 Å². The van der Waals surface area contributed by atoms with E-state index >= 15 is 0 Å². The SMILES string of the molecule is CCC(C)C(NC(=O)COCCF)C(=O)[C@H]1CCc2ccn3c2C1C(=O)C[C@H](C(=O)O)C3. The summed E-state index contributed by atoms with van der Waals surface area (Å²) in [5, 5.41) is 12.3. The zero-order valence-corrected chi connectivity index (χ0v) is 18.5. The van der Waals surface area contributed by atoms with E-state index in [1.54, 1.807) is 6.20 Å². The minimum Gasteiger partial charge on any atom is -0.481 e. The molecule has 0 saturated heterocycles. The molecule has 0 spiro atoms. The van der Waals surface area contributed by atoms with E-state index in [-0.39, 0.29) is 43.7 Å². The van der Waals surface area contributed by atoms with Crippen molar-refractivity contribution in [3.8, 4) is 0 Å². The van der Waals surface area contributed by atoms with Gasteiger partial charge in [0.15, 0.2) is 5.78 Å². The Morgan fingerprint density at radius 2 is 2.12 bits per heavy atom. The molecule has 3 rings (SSSR count). The van der Waals surface area contributed by atoms with Crippen molar-refractivity contribution in [3.05, 3.63) is 23.5 Å². The number of nitrogens with zero attached hydrogens (tertiary/aromatic N) is 1. The Morgan fingerprint density at radius 3 is 2.78 bits per heavy atom. The summed E-state index contributed by atoms with van der Waals surface area (Å²) in [6.07, 6.45) is 3.39. The molecule has 2 N–H and O–H groups in total. The van der Waals surface area contributed by atoms with Crippen molar-refractivity contribution >= 4 is 23.4 Å². The molecule has 0 aromatic carbocycles. The average Bonchev–Trinajstić information content (AvgIpc) is 3.10. The average molecular weight is 451 g/mol. The standard InChI is InChI=1S/C23H31FN2O6/c1-3-13(2)20(25-18(28)12-32-9-7-24)22(29)16-5-4-14-6-8-26-11-15(23(30)31)10-17(27)19(16)21(14)26/h6,8,13,15-16,19-20H,3-5,7,9-12H2,1-2H3,(H,25,28)(H,30,31)/t13?,15-,16-,19?,20?/m0/s1. The van der Waals surface area contributed by atoms with Gasteiger partial charge in [-0.3, -0.25) is 19.2 Å². The molecule has 1 aliphatic heterocycles. The van der Waals surface area contributed by atoms with Gasteiger partial charge in [0.05, 0.1) is 24.5 Å². The Morgan fingerprint density at radius 1 is 1.38 bits per heavy atom. The van der Waals surface area contributed by atoms with E-state index in [1.165, 1.54) is 0 Å². The third kappa shape index (κ3) is 4.92. The lowest BCUT2D eigenvalue weighted by atomic mass is 9.71. The molecule has 5 atom stereocenters. The fraction of sp³-hybridized carbons (Fsp3) is 0.652. The van der Waals surface area contributed by atoms with Gasteiger partial charge in [-0.15, -0.1) is 0 Å². The number of hydrogen-bond donors (Lipinski definition) is 2. The number of amides is 1. The highest BCUT2D eigenvalue weighted by atomic mass is 19.1. The number of ketones is 2. The number of alkyl halides is 1. The number of carboxylic acid groups (broad SMARTS) is 1. The van der Waals surface area contributed by atoms with Crippen LogP contribution in [0, 0.1) is 17.8 Å². The minimum absolute atomic E-state index is 0.123. The summed E-state index contributed by atoms with van der Waals surface area (Å²) >= 11 is 0. The Hall–Kier alpha value is -2.55. The molecule has 0 radical (unpaired) electrons. The predicted octanol–water partition coefficient (Wildman–Crippen LogP) is 1.89. The maximum Gasteiger partial charge on any atom is 0.308 e. The number of halogens is 1. The second kappa shape index (κ2) is 10.4. The van der Waals surface area contributed by atoms with E-state index in [1.807, 2.05) is 24.5 Å². The molecule has 0 saturated carbocycles. The fourth-order valence-electron chi connectivity index (χ4n) is 4.86. The number of nitrogens with one attached hydrogen (secondary N) is 1. The van der Waals surface area contributed by atoms with Gasteiger partial charge in [-0.25, -0.2) is 4.39 Å². The van der Waals surface area contributed by atoms with Crippen molar-refractivity contribution in [2.24, 2.45) is 17.8 Å². The number of aromatic nitrogens is 1. The van der Waals surface area contributed by atoms with Crippen molar-refractivity contribution in [2.75, 3.05) is 19.9 Å². The summed E-state index contributed by atoms with van der Waals surface area (Å²) in [6, 6.07) is 1.10. The van der Waals surface area contributed by atoms with E-state index in [0.717, 1.165) is 11.3 Å². The summed E-state index contributed by atoms with van der Waals surface area (Å²) in [7, 11) is 0. The Labute approximate surface area is 186 Å². The molecule has 1 amide bonds. The normalized spacial score (nSPS) is 24.2. The van der Waals surface area contributed by atoms with Gasteiger partial charge in [0, 0.05) is 30.8 Å². The van der Waals surface area contributed by atoms with Gasteiger partial charge in [0.1, 0.15) is 19.1 Å². The Balaban J connectivity index is 1.87. The highest BCUT2D eigenvalue weighted by Gasteiger charge is 2.46. The summed E-state index contributed by atoms with van der Waals surface area (Å²) in [4.78, 5) is 50.8. The first kappa shape index (κ1) is 24.1. The maximum absolute atomic E-state index is 13.7. The van der Waals surface area contributed by atoms with Gasteiger partial charge in [0.25, 0.3) is 0 Å². The third-order valence-electron chi connectivity index (χ3n) is 6.73. The molecule has 2 heterocycles. The number of ether oxygens (including phenoxy) is 1. The summed E-state index contributed by atoms with van der Waals surface area (Å²) in [5.74, 6) is -4.35. The first-order valence-corrected chi connectivity index (χ1v) is 11.2. The molecule has 8 nitrogen and oxygen atoms in total. The molecule has 9 heteroatoms. The lowest BCUT2D eigenvalue weighted by Crippen LogP contribution is -2.50. The quantitative estimate of drug-likeness (QED) is 0.526. The lowest BCUT2D eigenvalue weighted by molar-refractivity contribution is -0.144. The molecule has 1 aliphatic carbocycles. The molecule has 3 unspecified atom stereocenters. The summed E-state index contributed by atoms with van der Waals surface area (Å²) in [6.45, 7) is 2.73. The van der Waals surface area contributed by atoms with Crippen LogP contribution in [-0.2, 0) is 36.9 Å². The summed E-state index contributed by atoms with van der Waals surface area (Å²) < 4.78 is 19.0. The molecule has 1 aromatic rings. The van der Waals surface area contributed by atoms with Crippen LogP contribution in [0.5, 0.6) is 0 Å². The molecule has 0 bridgehead atoms. The van der Waals surface area contributed by atoms with Gasteiger partial charge in [-0.05, 0) is 30.4 Å². The van der Waals surface area contributed by atoms with Crippen LogP contribution in [0.2, 0.25) is 0 Å². The van der Waals surface area contributed by atoms with Crippen LogP contribution in [-0.4, -0.2) is 59.0 Å². The molecular formula is C23H31FN2O6. The van der Waals surface area contributed by atoms with Crippen LogP contribution in [0.15, 0.2) is 12.3 Å². The smallest absolute Gasteiger partial charge is 0.308 e. The largest absolute Gasteiger partial charge is 0.481 e. The van der Waals surface area contributed by atoms with Crippen molar-refractivity contribution in [3.63, 3.8) is 0 Å². The van der Waals surface area contributed by atoms with Crippen molar-refractivity contribution in [1.29, 1.82) is 0 Å². The number of rotatable bonds is 10. The zero-order valence-electron chi connectivity index (χ0n) is 18.5. The predicted molar refractivity (Wildman–Crippen MR) is 113 cm³/mol.